The third-order valence-electron chi connectivity index (χ3n) is 3.95. The number of methoxy groups -OCH3 is 1. The minimum atomic E-state index is -0.166. The molecule has 0 saturated heterocycles. The maximum absolute atomic E-state index is 12.5. The predicted molar refractivity (Wildman–Crippen MR) is 81.8 cm³/mol. The van der Waals surface area contributed by atoms with Crippen molar-refractivity contribution in [2.75, 3.05) is 7.11 Å². The van der Waals surface area contributed by atoms with Crippen LogP contribution in [0.3, 0.4) is 0 Å². The van der Waals surface area contributed by atoms with Crippen LogP contribution in [0.15, 0.2) is 30.3 Å². The number of hydrogen-bond acceptors (Lipinski definition) is 4. The van der Waals surface area contributed by atoms with Crippen LogP contribution in [0.4, 0.5) is 0 Å². The first-order valence-electron chi connectivity index (χ1n) is 7.59. The highest BCUT2D eigenvalue weighted by atomic mass is 16.5. The molecule has 6 heteroatoms. The second-order valence-corrected chi connectivity index (χ2v) is 5.52. The van der Waals surface area contributed by atoms with Gasteiger partial charge in [0.1, 0.15) is 5.69 Å². The van der Waals surface area contributed by atoms with Gasteiger partial charge in [-0.05, 0) is 25.0 Å². The summed E-state index contributed by atoms with van der Waals surface area (Å²) in [6.07, 6.45) is 4.43. The number of nitrogens with one attached hydrogen (secondary N) is 1. The van der Waals surface area contributed by atoms with Crippen LogP contribution in [0.25, 0.3) is 5.69 Å². The second kappa shape index (κ2) is 6.70. The number of ether oxygens (including phenoxy) is 1. The van der Waals surface area contributed by atoms with Crippen molar-refractivity contribution in [2.45, 2.75) is 38.3 Å². The number of aromatic nitrogens is 3. The smallest absolute Gasteiger partial charge is 0.274 e. The molecular formula is C16H20N4O2. The van der Waals surface area contributed by atoms with Crippen LogP contribution in [-0.2, 0) is 11.3 Å². The summed E-state index contributed by atoms with van der Waals surface area (Å²) < 4.78 is 6.89. The Bertz CT molecular complexity index is 633. The van der Waals surface area contributed by atoms with E-state index in [0.29, 0.717) is 11.4 Å². The molecule has 0 bridgehead atoms. The molecule has 1 aromatic carbocycles. The van der Waals surface area contributed by atoms with Gasteiger partial charge < -0.3 is 10.1 Å². The number of carbonyl (C=O) groups is 1. The van der Waals surface area contributed by atoms with Gasteiger partial charge in [0.25, 0.3) is 5.91 Å². The van der Waals surface area contributed by atoms with Gasteiger partial charge in [-0.25, -0.2) is 4.68 Å². The van der Waals surface area contributed by atoms with Gasteiger partial charge in [-0.2, -0.15) is 0 Å². The largest absolute Gasteiger partial charge is 0.378 e. The van der Waals surface area contributed by atoms with Gasteiger partial charge in [-0.15, -0.1) is 5.10 Å². The number of carbonyl (C=O) groups excluding carboxylic acids is 1. The van der Waals surface area contributed by atoms with Crippen LogP contribution < -0.4 is 5.32 Å². The van der Waals surface area contributed by atoms with Crippen molar-refractivity contribution in [3.8, 4) is 5.69 Å². The Morgan fingerprint density at radius 2 is 2.05 bits per heavy atom. The van der Waals surface area contributed by atoms with Crippen LogP contribution in [0, 0.1) is 0 Å². The predicted octanol–water partition coefficient (Wildman–Crippen LogP) is 2.09. The number of rotatable bonds is 5. The third kappa shape index (κ3) is 3.01. The van der Waals surface area contributed by atoms with Gasteiger partial charge in [-0.1, -0.05) is 36.3 Å². The molecule has 22 heavy (non-hydrogen) atoms. The molecule has 1 heterocycles. The van der Waals surface area contributed by atoms with E-state index in [4.69, 9.17) is 4.74 Å². The van der Waals surface area contributed by atoms with Crippen molar-refractivity contribution in [1.82, 2.24) is 20.3 Å². The number of amides is 1. The first kappa shape index (κ1) is 14.7. The van der Waals surface area contributed by atoms with Crippen molar-refractivity contribution in [2.24, 2.45) is 0 Å². The van der Waals surface area contributed by atoms with E-state index in [-0.39, 0.29) is 18.6 Å². The molecule has 0 radical (unpaired) electrons. The maximum atomic E-state index is 12.5. The van der Waals surface area contributed by atoms with Crippen molar-refractivity contribution in [3.05, 3.63) is 41.7 Å². The molecule has 2 aromatic rings. The second-order valence-electron chi connectivity index (χ2n) is 5.52. The standard InChI is InChI=1S/C16H20N4O2/c1-22-11-14-15(16(21)17-12-7-5-6-8-12)18-19-20(14)13-9-3-2-4-10-13/h2-4,9-10,12H,5-8,11H2,1H3,(H,17,21). The molecule has 0 aliphatic heterocycles. The van der Waals surface area contributed by atoms with Crippen LogP contribution in [0.5, 0.6) is 0 Å². The molecule has 1 aliphatic rings. The van der Waals surface area contributed by atoms with Gasteiger partial charge in [-0.3, -0.25) is 4.79 Å². The van der Waals surface area contributed by atoms with Crippen LogP contribution >= 0.6 is 0 Å². The maximum Gasteiger partial charge on any atom is 0.274 e. The fraction of sp³-hybridized carbons (Fsp3) is 0.438. The van der Waals surface area contributed by atoms with Gasteiger partial charge in [0.15, 0.2) is 5.69 Å². The highest BCUT2D eigenvalue weighted by Gasteiger charge is 2.24. The molecular weight excluding hydrogens is 280 g/mol. The summed E-state index contributed by atoms with van der Waals surface area (Å²) >= 11 is 0. The summed E-state index contributed by atoms with van der Waals surface area (Å²) in [4.78, 5) is 12.5. The lowest BCUT2D eigenvalue weighted by atomic mass is 10.2. The average molecular weight is 300 g/mol. The summed E-state index contributed by atoms with van der Waals surface area (Å²) in [6, 6.07) is 9.88. The molecule has 0 unspecified atom stereocenters. The Balaban J connectivity index is 1.87. The van der Waals surface area contributed by atoms with Crippen molar-refractivity contribution >= 4 is 5.91 Å². The van der Waals surface area contributed by atoms with E-state index in [1.165, 1.54) is 12.8 Å². The van der Waals surface area contributed by atoms with E-state index in [1.807, 2.05) is 30.3 Å². The fourth-order valence-electron chi connectivity index (χ4n) is 2.84. The first-order chi connectivity index (χ1) is 10.8. The fourth-order valence-corrected chi connectivity index (χ4v) is 2.84. The van der Waals surface area contributed by atoms with Crippen molar-refractivity contribution in [3.63, 3.8) is 0 Å². The third-order valence-corrected chi connectivity index (χ3v) is 3.95. The number of nitrogens with zero attached hydrogens (tertiary/aromatic N) is 3. The van der Waals surface area contributed by atoms with Gasteiger partial charge in [0, 0.05) is 13.2 Å². The summed E-state index contributed by atoms with van der Waals surface area (Å²) in [7, 11) is 1.60. The summed E-state index contributed by atoms with van der Waals surface area (Å²) in [5, 5.41) is 11.2. The first-order valence-corrected chi connectivity index (χ1v) is 7.59. The quantitative estimate of drug-likeness (QED) is 0.918. The zero-order valence-electron chi connectivity index (χ0n) is 12.7. The molecule has 1 fully saturated rings. The summed E-state index contributed by atoms with van der Waals surface area (Å²) in [5.41, 5.74) is 1.88. The lowest BCUT2D eigenvalue weighted by Crippen LogP contribution is -2.33. The molecule has 1 N–H and O–H groups in total. The lowest BCUT2D eigenvalue weighted by molar-refractivity contribution is 0.0927. The molecule has 116 valence electrons. The molecule has 0 atom stereocenters. The van der Waals surface area contributed by atoms with E-state index >= 15 is 0 Å². The van der Waals surface area contributed by atoms with Gasteiger partial charge in [0.05, 0.1) is 12.3 Å². The molecule has 1 aromatic heterocycles. The molecule has 3 rings (SSSR count). The zero-order chi connectivity index (χ0) is 15.4. The molecule has 0 spiro atoms. The average Bonchev–Trinajstić information content (AvgIpc) is 3.18. The number of benzene rings is 1. The van der Waals surface area contributed by atoms with Gasteiger partial charge >= 0.3 is 0 Å². The van der Waals surface area contributed by atoms with E-state index < -0.39 is 0 Å². The highest BCUT2D eigenvalue weighted by Crippen LogP contribution is 2.19. The normalized spacial score (nSPS) is 15.1. The Kier molecular flexibility index (Phi) is 4.48. The minimum absolute atomic E-state index is 0.166. The monoisotopic (exact) mass is 300 g/mol. The molecule has 1 saturated carbocycles. The van der Waals surface area contributed by atoms with Crippen molar-refractivity contribution in [1.29, 1.82) is 0 Å². The Morgan fingerprint density at radius 3 is 2.73 bits per heavy atom. The van der Waals surface area contributed by atoms with E-state index in [0.717, 1.165) is 18.5 Å². The number of para-hydroxylation sites is 1. The minimum Gasteiger partial charge on any atom is -0.378 e. The van der Waals surface area contributed by atoms with Crippen LogP contribution in [-0.4, -0.2) is 34.1 Å². The van der Waals surface area contributed by atoms with Gasteiger partial charge in [0.2, 0.25) is 0 Å². The van der Waals surface area contributed by atoms with E-state index in [9.17, 15) is 4.79 Å². The summed E-state index contributed by atoms with van der Waals surface area (Å²) in [5.74, 6) is -0.166. The molecule has 1 aliphatic carbocycles. The van der Waals surface area contributed by atoms with E-state index in [1.54, 1.807) is 11.8 Å². The topological polar surface area (TPSA) is 69.0 Å². The van der Waals surface area contributed by atoms with Crippen LogP contribution in [0.1, 0.15) is 41.9 Å². The number of hydrogen-bond donors (Lipinski definition) is 1. The summed E-state index contributed by atoms with van der Waals surface area (Å²) in [6.45, 7) is 0.287. The lowest BCUT2D eigenvalue weighted by Gasteiger charge is -2.11. The Morgan fingerprint density at radius 1 is 1.32 bits per heavy atom. The Labute approximate surface area is 129 Å². The SMILES string of the molecule is COCc1c(C(=O)NC2CCCC2)nnn1-c1ccccc1. The molecule has 6 nitrogen and oxygen atoms in total. The zero-order valence-corrected chi connectivity index (χ0v) is 12.7. The highest BCUT2D eigenvalue weighted by molar-refractivity contribution is 5.93. The van der Waals surface area contributed by atoms with Crippen molar-refractivity contribution < 1.29 is 9.53 Å². The molecule has 1 amide bonds. The van der Waals surface area contributed by atoms with Crippen LogP contribution in [0.2, 0.25) is 0 Å². The Hall–Kier alpha value is -2.21. The van der Waals surface area contributed by atoms with E-state index in [2.05, 4.69) is 15.6 Å².